The van der Waals surface area contributed by atoms with Crippen molar-refractivity contribution in [3.8, 4) is 0 Å². The number of carbonyl (C=O) groups is 3. The molecule has 4 N–H and O–H groups in total. The van der Waals surface area contributed by atoms with Crippen LogP contribution in [0.15, 0.2) is 42.5 Å². The van der Waals surface area contributed by atoms with E-state index < -0.39 is 23.6 Å². The van der Waals surface area contributed by atoms with Gasteiger partial charge in [-0.15, -0.1) is 12.4 Å². The SMILES string of the molecule is CO[C@H](C)CNCC(O)CNC(=O)[C@@H](Cc1ccc2ccccc2c1)NC(=O)C1CCCN1C(=O)C(C)(C)C.Cl. The van der Waals surface area contributed by atoms with Gasteiger partial charge in [-0.2, -0.15) is 0 Å². The van der Waals surface area contributed by atoms with Crippen LogP contribution in [0.5, 0.6) is 0 Å². The fourth-order valence-electron chi connectivity index (χ4n) is 4.74. The highest BCUT2D eigenvalue weighted by molar-refractivity contribution is 5.93. The van der Waals surface area contributed by atoms with Crippen LogP contribution in [-0.4, -0.2) is 85.3 Å². The molecule has 1 saturated heterocycles. The lowest BCUT2D eigenvalue weighted by Gasteiger charge is -2.31. The van der Waals surface area contributed by atoms with Gasteiger partial charge in [0, 0.05) is 45.1 Å². The van der Waals surface area contributed by atoms with Gasteiger partial charge in [0.05, 0.1) is 12.2 Å². The van der Waals surface area contributed by atoms with Gasteiger partial charge >= 0.3 is 0 Å². The normalized spacial score (nSPS) is 17.6. The molecule has 2 aromatic carbocycles. The molecule has 0 radical (unpaired) electrons. The van der Waals surface area contributed by atoms with E-state index in [2.05, 4.69) is 16.0 Å². The van der Waals surface area contributed by atoms with Gasteiger partial charge in [-0.05, 0) is 36.1 Å². The molecule has 0 aliphatic carbocycles. The van der Waals surface area contributed by atoms with Crippen LogP contribution in [0.3, 0.4) is 0 Å². The van der Waals surface area contributed by atoms with Crippen LogP contribution >= 0.6 is 12.4 Å². The molecule has 10 heteroatoms. The molecule has 40 heavy (non-hydrogen) atoms. The van der Waals surface area contributed by atoms with Crippen molar-refractivity contribution in [2.45, 2.75) is 71.2 Å². The summed E-state index contributed by atoms with van der Waals surface area (Å²) in [5.41, 5.74) is 0.301. The maximum Gasteiger partial charge on any atom is 0.243 e. The summed E-state index contributed by atoms with van der Waals surface area (Å²) in [4.78, 5) is 41.3. The van der Waals surface area contributed by atoms with Crippen LogP contribution in [0.1, 0.15) is 46.1 Å². The van der Waals surface area contributed by atoms with Crippen molar-refractivity contribution in [1.82, 2.24) is 20.9 Å². The summed E-state index contributed by atoms with van der Waals surface area (Å²) in [6.07, 6.45) is 0.783. The Balaban J connectivity index is 0.00000560. The summed E-state index contributed by atoms with van der Waals surface area (Å²) in [7, 11) is 1.62. The Morgan fingerprint density at radius 2 is 1.77 bits per heavy atom. The molecule has 0 bridgehead atoms. The van der Waals surface area contributed by atoms with E-state index in [0.717, 1.165) is 22.8 Å². The molecule has 2 aromatic rings. The highest BCUT2D eigenvalue weighted by atomic mass is 35.5. The van der Waals surface area contributed by atoms with Gasteiger partial charge in [-0.1, -0.05) is 63.2 Å². The summed E-state index contributed by atoms with van der Waals surface area (Å²) in [5.74, 6) is -0.789. The Kier molecular flexibility index (Phi) is 12.8. The lowest BCUT2D eigenvalue weighted by atomic mass is 9.94. The molecule has 222 valence electrons. The first-order valence-corrected chi connectivity index (χ1v) is 13.8. The predicted molar refractivity (Wildman–Crippen MR) is 159 cm³/mol. The molecule has 0 aromatic heterocycles. The molecule has 4 atom stereocenters. The number of nitrogens with one attached hydrogen (secondary N) is 3. The fraction of sp³-hybridized carbons (Fsp3) is 0.567. The average molecular weight is 577 g/mol. The third-order valence-electron chi connectivity index (χ3n) is 7.07. The summed E-state index contributed by atoms with van der Waals surface area (Å²) < 4.78 is 5.19. The highest BCUT2D eigenvalue weighted by Crippen LogP contribution is 2.26. The van der Waals surface area contributed by atoms with E-state index in [9.17, 15) is 19.5 Å². The van der Waals surface area contributed by atoms with Crippen molar-refractivity contribution in [1.29, 1.82) is 0 Å². The van der Waals surface area contributed by atoms with Crippen LogP contribution in [0.25, 0.3) is 10.8 Å². The van der Waals surface area contributed by atoms with E-state index in [1.807, 2.05) is 70.2 Å². The first-order chi connectivity index (χ1) is 18.5. The number of fused-ring (bicyclic) bond motifs is 1. The number of aliphatic hydroxyl groups excluding tert-OH is 1. The van der Waals surface area contributed by atoms with Crippen molar-refractivity contribution < 1.29 is 24.2 Å². The Labute approximate surface area is 243 Å². The average Bonchev–Trinajstić information content (AvgIpc) is 3.40. The van der Waals surface area contributed by atoms with Crippen LogP contribution in [0.2, 0.25) is 0 Å². The van der Waals surface area contributed by atoms with Gasteiger partial charge in [0.25, 0.3) is 0 Å². The minimum Gasteiger partial charge on any atom is -0.390 e. The first kappa shape index (κ1) is 33.5. The number of benzene rings is 2. The third-order valence-corrected chi connectivity index (χ3v) is 7.07. The van der Waals surface area contributed by atoms with Crippen LogP contribution in [0.4, 0.5) is 0 Å². The Bertz CT molecular complexity index is 1140. The zero-order valence-electron chi connectivity index (χ0n) is 24.2. The maximum atomic E-state index is 13.4. The molecule has 9 nitrogen and oxygen atoms in total. The van der Waals surface area contributed by atoms with Gasteiger partial charge in [0.15, 0.2) is 0 Å². The molecular formula is C30H45ClN4O5. The molecule has 1 aliphatic heterocycles. The van der Waals surface area contributed by atoms with E-state index in [-0.39, 0.29) is 49.2 Å². The quantitative estimate of drug-likeness (QED) is 0.308. The Morgan fingerprint density at radius 3 is 2.45 bits per heavy atom. The molecule has 1 aliphatic rings. The number of rotatable bonds is 12. The highest BCUT2D eigenvalue weighted by Gasteiger charge is 2.39. The number of halogens is 1. The number of ether oxygens (including phenoxy) is 1. The van der Waals surface area contributed by atoms with Crippen molar-refractivity contribution >= 4 is 40.9 Å². The standard InChI is InChI=1S/C30H44N4O5.ClH/c1-20(39-5)17-31-18-24(35)19-32-27(36)25(16-21-12-13-22-9-6-7-10-23(22)15-21)33-28(37)26-11-8-14-34(26)29(38)30(2,3)4;/h6-7,9-10,12-13,15,20,24-26,31,35H,8,11,14,16-19H2,1-5H3,(H,32,36)(H,33,37);1H/t20-,24?,25-,26?;/m1./s1. The third kappa shape index (κ3) is 9.44. The summed E-state index contributed by atoms with van der Waals surface area (Å²) >= 11 is 0. The molecule has 3 rings (SSSR count). The largest absolute Gasteiger partial charge is 0.390 e. The second-order valence-electron chi connectivity index (χ2n) is 11.5. The summed E-state index contributed by atoms with van der Waals surface area (Å²) in [6, 6.07) is 12.5. The van der Waals surface area contributed by atoms with E-state index in [0.29, 0.717) is 26.1 Å². The number of hydrogen-bond donors (Lipinski definition) is 4. The summed E-state index contributed by atoms with van der Waals surface area (Å²) in [6.45, 7) is 8.88. The topological polar surface area (TPSA) is 120 Å². The smallest absolute Gasteiger partial charge is 0.243 e. The van der Waals surface area contributed by atoms with Gasteiger partial charge in [-0.25, -0.2) is 0 Å². The van der Waals surface area contributed by atoms with Crippen molar-refractivity contribution in [3.63, 3.8) is 0 Å². The molecule has 1 fully saturated rings. The second kappa shape index (κ2) is 15.3. The lowest BCUT2D eigenvalue weighted by molar-refractivity contribution is -0.145. The molecule has 0 saturated carbocycles. The van der Waals surface area contributed by atoms with Crippen LogP contribution in [-0.2, 0) is 25.5 Å². The number of likely N-dealkylation sites (tertiary alicyclic amines) is 1. The van der Waals surface area contributed by atoms with E-state index in [4.69, 9.17) is 4.74 Å². The van der Waals surface area contributed by atoms with E-state index in [1.54, 1.807) is 12.0 Å². The molecule has 3 amide bonds. The van der Waals surface area contributed by atoms with Gasteiger partial charge in [-0.3, -0.25) is 14.4 Å². The van der Waals surface area contributed by atoms with Crippen molar-refractivity contribution in [2.75, 3.05) is 33.3 Å². The number of amides is 3. The van der Waals surface area contributed by atoms with E-state index >= 15 is 0 Å². The minimum absolute atomic E-state index is 0. The minimum atomic E-state index is -0.862. The predicted octanol–water partition coefficient (Wildman–Crippen LogP) is 2.43. The molecule has 2 unspecified atom stereocenters. The van der Waals surface area contributed by atoms with E-state index in [1.165, 1.54) is 0 Å². The number of nitrogens with zero attached hydrogens (tertiary/aromatic N) is 1. The molecular weight excluding hydrogens is 532 g/mol. The number of aliphatic hydroxyl groups is 1. The van der Waals surface area contributed by atoms with Gasteiger partial charge in [0.1, 0.15) is 12.1 Å². The van der Waals surface area contributed by atoms with Crippen molar-refractivity contribution in [2.24, 2.45) is 5.41 Å². The molecule has 0 spiro atoms. The van der Waals surface area contributed by atoms with Crippen LogP contribution < -0.4 is 16.0 Å². The number of methoxy groups -OCH3 is 1. The fourth-order valence-corrected chi connectivity index (χ4v) is 4.74. The number of carbonyl (C=O) groups excluding carboxylic acids is 3. The van der Waals surface area contributed by atoms with Gasteiger partial charge < -0.3 is 30.7 Å². The van der Waals surface area contributed by atoms with Gasteiger partial charge in [0.2, 0.25) is 17.7 Å². The monoisotopic (exact) mass is 576 g/mol. The van der Waals surface area contributed by atoms with Crippen molar-refractivity contribution in [3.05, 3.63) is 48.0 Å². The lowest BCUT2D eigenvalue weighted by Crippen LogP contribution is -2.55. The second-order valence-corrected chi connectivity index (χ2v) is 11.5. The zero-order chi connectivity index (χ0) is 28.6. The summed E-state index contributed by atoms with van der Waals surface area (Å²) in [5, 5.41) is 21.3. The Morgan fingerprint density at radius 1 is 1.07 bits per heavy atom. The molecule has 1 heterocycles. The maximum absolute atomic E-state index is 13.4. The Hall–Kier alpha value is -2.72. The zero-order valence-corrected chi connectivity index (χ0v) is 25.1. The van der Waals surface area contributed by atoms with Crippen LogP contribution in [0, 0.1) is 5.41 Å². The number of hydrogen-bond acceptors (Lipinski definition) is 6. The first-order valence-electron chi connectivity index (χ1n) is 13.8.